The van der Waals surface area contributed by atoms with Crippen molar-refractivity contribution in [2.45, 2.75) is 33.6 Å². The molecule has 0 bridgehead atoms. The Hall–Kier alpha value is -2.68. The van der Waals surface area contributed by atoms with Gasteiger partial charge in [-0.3, -0.25) is 0 Å². The first-order chi connectivity index (χ1) is 11.4. The number of hydrogen-bond donors (Lipinski definition) is 1. The van der Waals surface area contributed by atoms with E-state index >= 15 is 0 Å². The third-order valence-corrected chi connectivity index (χ3v) is 4.53. The van der Waals surface area contributed by atoms with Gasteiger partial charge in [0.25, 0.3) is 0 Å². The van der Waals surface area contributed by atoms with E-state index in [0.717, 1.165) is 11.1 Å². The van der Waals surface area contributed by atoms with E-state index < -0.39 is 5.97 Å². The smallest absolute Gasteiger partial charge is 0.336 e. The predicted molar refractivity (Wildman–Crippen MR) is 97.7 cm³/mol. The number of hydrogen-bond acceptors (Lipinski definition) is 2. The lowest BCUT2D eigenvalue weighted by molar-refractivity contribution is 0.0699. The molecule has 0 atom stereocenters. The van der Waals surface area contributed by atoms with Crippen LogP contribution in [0.15, 0.2) is 42.5 Å². The molecule has 3 aromatic rings. The van der Waals surface area contributed by atoms with Crippen LogP contribution >= 0.6 is 0 Å². The zero-order chi connectivity index (χ0) is 17.4. The van der Waals surface area contributed by atoms with Crippen LogP contribution in [-0.4, -0.2) is 16.1 Å². The molecule has 24 heavy (non-hydrogen) atoms. The largest absolute Gasteiger partial charge is 0.478 e. The average molecular weight is 319 g/mol. The fourth-order valence-corrected chi connectivity index (χ4v) is 2.83. The van der Waals surface area contributed by atoms with Crippen molar-refractivity contribution in [1.82, 2.24) is 4.98 Å². The Morgan fingerprint density at radius 1 is 1.00 bits per heavy atom. The van der Waals surface area contributed by atoms with Gasteiger partial charge in [-0.15, -0.1) is 0 Å². The van der Waals surface area contributed by atoms with Gasteiger partial charge in [0.15, 0.2) is 0 Å². The van der Waals surface area contributed by atoms with E-state index in [4.69, 9.17) is 4.98 Å². The number of carboxylic acids is 1. The number of carboxylic acid groups (broad SMARTS) is 1. The zero-order valence-electron chi connectivity index (χ0n) is 14.4. The highest BCUT2D eigenvalue weighted by molar-refractivity contribution is 6.04. The quantitative estimate of drug-likeness (QED) is 0.709. The van der Waals surface area contributed by atoms with Crippen LogP contribution < -0.4 is 0 Å². The zero-order valence-corrected chi connectivity index (χ0v) is 14.4. The molecule has 0 amide bonds. The number of fused-ring (bicyclic) bond motifs is 1. The van der Waals surface area contributed by atoms with E-state index in [1.807, 2.05) is 37.3 Å². The van der Waals surface area contributed by atoms with Crippen LogP contribution in [0.4, 0.5) is 0 Å². The summed E-state index contributed by atoms with van der Waals surface area (Å²) in [4.78, 5) is 16.5. The molecule has 1 aromatic heterocycles. The highest BCUT2D eigenvalue weighted by atomic mass is 16.4. The summed E-state index contributed by atoms with van der Waals surface area (Å²) >= 11 is 0. The molecule has 0 aliphatic heterocycles. The summed E-state index contributed by atoms with van der Waals surface area (Å²) in [7, 11) is 0. The van der Waals surface area contributed by atoms with Crippen molar-refractivity contribution >= 4 is 16.9 Å². The number of rotatable bonds is 3. The lowest BCUT2D eigenvalue weighted by atomic mass is 9.97. The average Bonchev–Trinajstić information content (AvgIpc) is 2.55. The molecular weight excluding hydrogens is 298 g/mol. The van der Waals surface area contributed by atoms with Crippen LogP contribution in [0.5, 0.6) is 0 Å². The maximum atomic E-state index is 11.8. The van der Waals surface area contributed by atoms with Gasteiger partial charge in [-0.2, -0.15) is 0 Å². The molecule has 0 aliphatic rings. The second-order valence-corrected chi connectivity index (χ2v) is 6.59. The molecule has 1 heterocycles. The summed E-state index contributed by atoms with van der Waals surface area (Å²) < 4.78 is 0. The highest BCUT2D eigenvalue weighted by Crippen LogP contribution is 2.28. The van der Waals surface area contributed by atoms with Gasteiger partial charge in [-0.05, 0) is 60.7 Å². The standard InChI is InChI=1S/C21H21NO2/c1-12(2)15-7-8-19-17(10-15)18(21(23)24)11-20(22-19)16-6-5-13(3)14(4)9-16/h5-12H,1-4H3,(H,23,24). The lowest BCUT2D eigenvalue weighted by Crippen LogP contribution is -2.01. The van der Waals surface area contributed by atoms with Crippen molar-refractivity contribution in [3.63, 3.8) is 0 Å². The van der Waals surface area contributed by atoms with Crippen LogP contribution in [0.3, 0.4) is 0 Å². The Labute approximate surface area is 142 Å². The summed E-state index contributed by atoms with van der Waals surface area (Å²) in [5.74, 6) is -0.580. The molecule has 122 valence electrons. The van der Waals surface area contributed by atoms with Gasteiger partial charge < -0.3 is 5.11 Å². The van der Waals surface area contributed by atoms with E-state index in [2.05, 4.69) is 26.8 Å². The Morgan fingerprint density at radius 2 is 1.75 bits per heavy atom. The van der Waals surface area contributed by atoms with Gasteiger partial charge in [0.05, 0.1) is 16.8 Å². The van der Waals surface area contributed by atoms with E-state index in [1.54, 1.807) is 6.07 Å². The molecule has 0 spiro atoms. The van der Waals surface area contributed by atoms with Gasteiger partial charge in [0.2, 0.25) is 0 Å². The number of aromatic carboxylic acids is 1. The van der Waals surface area contributed by atoms with Gasteiger partial charge in [0.1, 0.15) is 0 Å². The van der Waals surface area contributed by atoms with E-state index in [0.29, 0.717) is 28.1 Å². The van der Waals surface area contributed by atoms with Crippen LogP contribution in [0.25, 0.3) is 22.2 Å². The highest BCUT2D eigenvalue weighted by Gasteiger charge is 2.14. The molecule has 3 heteroatoms. The molecule has 0 aliphatic carbocycles. The Balaban J connectivity index is 2.26. The number of carbonyl (C=O) groups is 1. The van der Waals surface area contributed by atoms with Gasteiger partial charge >= 0.3 is 5.97 Å². The second-order valence-electron chi connectivity index (χ2n) is 6.59. The first kappa shape index (κ1) is 16.2. The van der Waals surface area contributed by atoms with E-state index in [9.17, 15) is 9.90 Å². The molecule has 3 nitrogen and oxygen atoms in total. The molecular formula is C21H21NO2. The molecule has 0 fully saturated rings. The topological polar surface area (TPSA) is 50.2 Å². The molecule has 2 aromatic carbocycles. The number of pyridine rings is 1. The fraction of sp³-hybridized carbons (Fsp3) is 0.238. The second kappa shape index (κ2) is 6.08. The van der Waals surface area contributed by atoms with Crippen molar-refractivity contribution in [3.8, 4) is 11.3 Å². The monoisotopic (exact) mass is 319 g/mol. The number of aryl methyl sites for hydroxylation is 2. The summed E-state index contributed by atoms with van der Waals surface area (Å²) in [6.07, 6.45) is 0. The summed E-state index contributed by atoms with van der Waals surface area (Å²) in [6.45, 7) is 8.30. The fourth-order valence-electron chi connectivity index (χ4n) is 2.83. The van der Waals surface area contributed by atoms with Crippen molar-refractivity contribution in [1.29, 1.82) is 0 Å². The lowest BCUT2D eigenvalue weighted by Gasteiger charge is -2.11. The number of benzene rings is 2. The van der Waals surface area contributed by atoms with Crippen molar-refractivity contribution < 1.29 is 9.90 Å². The predicted octanol–water partition coefficient (Wildman–Crippen LogP) is 5.34. The summed E-state index contributed by atoms with van der Waals surface area (Å²) in [5.41, 5.74) is 6.14. The number of aromatic nitrogens is 1. The van der Waals surface area contributed by atoms with Crippen LogP contribution in [0.1, 0.15) is 46.8 Å². The van der Waals surface area contributed by atoms with Crippen LogP contribution in [0, 0.1) is 13.8 Å². The minimum absolute atomic E-state index is 0.302. The maximum Gasteiger partial charge on any atom is 0.336 e. The molecule has 0 saturated heterocycles. The molecule has 0 unspecified atom stereocenters. The van der Waals surface area contributed by atoms with Gasteiger partial charge in [-0.1, -0.05) is 32.0 Å². The SMILES string of the molecule is Cc1ccc(-c2cc(C(=O)O)c3cc(C(C)C)ccc3n2)cc1C. The van der Waals surface area contributed by atoms with E-state index in [-0.39, 0.29) is 0 Å². The summed E-state index contributed by atoms with van der Waals surface area (Å²) in [6, 6.07) is 13.7. The Kier molecular flexibility index (Phi) is 4.10. The van der Waals surface area contributed by atoms with Gasteiger partial charge in [0, 0.05) is 10.9 Å². The Bertz CT molecular complexity index is 942. The minimum Gasteiger partial charge on any atom is -0.478 e. The van der Waals surface area contributed by atoms with Crippen molar-refractivity contribution in [3.05, 3.63) is 64.7 Å². The van der Waals surface area contributed by atoms with Crippen molar-refractivity contribution in [2.24, 2.45) is 0 Å². The number of nitrogens with zero attached hydrogens (tertiary/aromatic N) is 1. The first-order valence-corrected chi connectivity index (χ1v) is 8.12. The molecule has 0 radical (unpaired) electrons. The normalized spacial score (nSPS) is 11.2. The minimum atomic E-state index is -0.923. The third-order valence-electron chi connectivity index (χ3n) is 4.53. The van der Waals surface area contributed by atoms with Crippen molar-refractivity contribution in [2.75, 3.05) is 0 Å². The van der Waals surface area contributed by atoms with Crippen LogP contribution in [-0.2, 0) is 0 Å². The third kappa shape index (κ3) is 2.90. The molecule has 1 N–H and O–H groups in total. The maximum absolute atomic E-state index is 11.8. The molecule has 3 rings (SSSR count). The molecule has 0 saturated carbocycles. The first-order valence-electron chi connectivity index (χ1n) is 8.12. The Morgan fingerprint density at radius 3 is 2.38 bits per heavy atom. The van der Waals surface area contributed by atoms with E-state index in [1.165, 1.54) is 11.1 Å². The summed E-state index contributed by atoms with van der Waals surface area (Å²) in [5, 5.41) is 10.4. The van der Waals surface area contributed by atoms with Gasteiger partial charge in [-0.25, -0.2) is 9.78 Å². The van der Waals surface area contributed by atoms with Crippen LogP contribution in [0.2, 0.25) is 0 Å².